The molecule has 328 valence electrons. The highest BCUT2D eigenvalue weighted by atomic mass is 16.6. The molecular formula is C61H67NO2. The van der Waals surface area contributed by atoms with Crippen LogP contribution in [0.25, 0.3) is 22.3 Å². The summed E-state index contributed by atoms with van der Waals surface area (Å²) in [5.74, 6) is 7.09. The Morgan fingerprint density at radius 3 is 1.45 bits per heavy atom. The summed E-state index contributed by atoms with van der Waals surface area (Å²) in [5.41, 5.74) is 13.3. The lowest BCUT2D eigenvalue weighted by molar-refractivity contribution is -0.277. The highest BCUT2D eigenvalue weighted by Crippen LogP contribution is 2.64. The fourth-order valence-electron chi connectivity index (χ4n) is 17.7. The van der Waals surface area contributed by atoms with Gasteiger partial charge in [-0.3, -0.25) is 0 Å². The lowest BCUT2D eigenvalue weighted by atomic mass is 9.47. The summed E-state index contributed by atoms with van der Waals surface area (Å²) >= 11 is 0. The number of hydrogen-bond donors (Lipinski definition) is 0. The smallest absolute Gasteiger partial charge is 0.0875 e. The fraction of sp³-hybridized carbons (Fsp3) is 0.508. The van der Waals surface area contributed by atoms with E-state index in [1.807, 2.05) is 0 Å². The number of benzene rings is 5. The largest absolute Gasteiger partial charge is 0.370 e. The van der Waals surface area contributed by atoms with E-state index in [9.17, 15) is 0 Å². The Morgan fingerprint density at radius 2 is 0.859 bits per heavy atom. The van der Waals surface area contributed by atoms with Crippen molar-refractivity contribution in [1.82, 2.24) is 0 Å². The average molecular weight is 846 g/mol. The van der Waals surface area contributed by atoms with Gasteiger partial charge in [0.05, 0.1) is 29.8 Å². The molecule has 5 aromatic carbocycles. The van der Waals surface area contributed by atoms with Crippen molar-refractivity contribution in [3.05, 3.63) is 144 Å². The van der Waals surface area contributed by atoms with Gasteiger partial charge in [0.15, 0.2) is 0 Å². The predicted octanol–water partition coefficient (Wildman–Crippen LogP) is 14.7. The van der Waals surface area contributed by atoms with Crippen LogP contribution in [0.4, 0.5) is 11.4 Å². The summed E-state index contributed by atoms with van der Waals surface area (Å²) < 4.78 is 15.4. The van der Waals surface area contributed by atoms with E-state index in [1.165, 1.54) is 146 Å². The average Bonchev–Trinajstić information content (AvgIpc) is 3.83. The van der Waals surface area contributed by atoms with Crippen molar-refractivity contribution in [2.75, 3.05) is 4.90 Å². The summed E-state index contributed by atoms with van der Waals surface area (Å²) in [7, 11) is 0. The molecular weight excluding hydrogens is 779 g/mol. The van der Waals surface area contributed by atoms with E-state index in [0.717, 1.165) is 60.7 Å². The van der Waals surface area contributed by atoms with Crippen LogP contribution in [0.1, 0.15) is 131 Å². The van der Waals surface area contributed by atoms with Crippen molar-refractivity contribution in [3.63, 3.8) is 0 Å². The number of para-hydroxylation sites is 1. The minimum Gasteiger partial charge on any atom is -0.370 e. The third kappa shape index (κ3) is 5.71. The quantitative estimate of drug-likeness (QED) is 0.165. The van der Waals surface area contributed by atoms with Gasteiger partial charge < -0.3 is 14.4 Å². The Labute approximate surface area is 382 Å². The number of ether oxygens (including phenoxy) is 2. The number of anilines is 2. The van der Waals surface area contributed by atoms with Crippen molar-refractivity contribution in [1.29, 1.82) is 0 Å². The van der Waals surface area contributed by atoms with Gasteiger partial charge in [0, 0.05) is 17.4 Å². The monoisotopic (exact) mass is 846 g/mol. The molecule has 0 bridgehead atoms. The van der Waals surface area contributed by atoms with Crippen molar-refractivity contribution >= 4 is 11.4 Å². The number of hydrogen-bond acceptors (Lipinski definition) is 3. The van der Waals surface area contributed by atoms with Gasteiger partial charge in [0.2, 0.25) is 0 Å². The van der Waals surface area contributed by atoms with Crippen molar-refractivity contribution in [2.24, 2.45) is 47.3 Å². The summed E-state index contributed by atoms with van der Waals surface area (Å²) in [6.45, 7) is 0. The zero-order valence-electron chi connectivity index (χ0n) is 37.8. The van der Waals surface area contributed by atoms with Crippen LogP contribution < -0.4 is 4.90 Å². The highest BCUT2D eigenvalue weighted by Gasteiger charge is 2.59. The highest BCUT2D eigenvalue weighted by molar-refractivity contribution is 5.95. The van der Waals surface area contributed by atoms with Crippen molar-refractivity contribution in [2.45, 2.75) is 145 Å². The Kier molecular flexibility index (Phi) is 9.42. The molecule has 0 amide bonds. The molecule has 0 radical (unpaired) electrons. The molecule has 1 aliphatic heterocycles. The summed E-state index contributed by atoms with van der Waals surface area (Å²) in [6.07, 6.45) is 24.4. The van der Waals surface area contributed by atoms with E-state index in [0.29, 0.717) is 12.0 Å². The molecule has 3 nitrogen and oxygen atoms in total. The molecule has 1 saturated heterocycles. The van der Waals surface area contributed by atoms with Gasteiger partial charge >= 0.3 is 0 Å². The van der Waals surface area contributed by atoms with Gasteiger partial charge in [-0.2, -0.15) is 0 Å². The van der Waals surface area contributed by atoms with Crippen molar-refractivity contribution < 1.29 is 9.47 Å². The van der Waals surface area contributed by atoms with E-state index in [-0.39, 0.29) is 29.8 Å². The number of fused-ring (bicyclic) bond motifs is 21. The fourth-order valence-corrected chi connectivity index (χ4v) is 17.7. The second-order valence-electron chi connectivity index (χ2n) is 22.3. The van der Waals surface area contributed by atoms with Gasteiger partial charge in [-0.05, 0) is 187 Å². The van der Waals surface area contributed by atoms with Crippen LogP contribution >= 0.6 is 0 Å². The van der Waals surface area contributed by atoms with Crippen LogP contribution in [0.5, 0.6) is 0 Å². The molecule has 5 aromatic rings. The Hall–Kier alpha value is -4.18. The molecule has 7 fully saturated rings. The Bertz CT molecular complexity index is 2460. The SMILES string of the molecule is c1ccc(N(c2ccc3c(c2)C2(c4ccccc4-c4ccccc42)c2ccccc2-3)C2CCC3OC4CCC5C6CCCCC6C6CCCCC6C6CCCCC6C5C4OC3C2)cc1. The zero-order chi connectivity index (χ0) is 41.9. The number of nitrogens with zero attached hydrogens (tertiary/aromatic N) is 1. The first-order valence-electron chi connectivity index (χ1n) is 26.3. The lowest BCUT2D eigenvalue weighted by Crippen LogP contribution is -2.62. The molecule has 6 saturated carbocycles. The maximum atomic E-state index is 7.90. The molecule has 8 aliphatic carbocycles. The summed E-state index contributed by atoms with van der Waals surface area (Å²) in [6, 6.07) is 46.8. The minimum absolute atomic E-state index is 0.139. The van der Waals surface area contributed by atoms with Gasteiger partial charge in [0.1, 0.15) is 0 Å². The van der Waals surface area contributed by atoms with Crippen LogP contribution in [0, 0.1) is 47.3 Å². The van der Waals surface area contributed by atoms with Crippen LogP contribution in [-0.2, 0) is 14.9 Å². The van der Waals surface area contributed by atoms with Crippen LogP contribution in [0.2, 0.25) is 0 Å². The third-order valence-electron chi connectivity index (χ3n) is 19.8. The molecule has 1 spiro atoms. The summed E-state index contributed by atoms with van der Waals surface area (Å²) in [5, 5.41) is 0. The van der Waals surface area contributed by atoms with E-state index in [1.54, 1.807) is 0 Å². The van der Waals surface area contributed by atoms with Gasteiger partial charge in [-0.15, -0.1) is 0 Å². The first kappa shape index (κ1) is 39.0. The van der Waals surface area contributed by atoms with E-state index < -0.39 is 0 Å². The molecule has 1 heterocycles. The molecule has 3 heteroatoms. The molecule has 9 aliphatic rings. The van der Waals surface area contributed by atoms with Gasteiger partial charge in [-0.1, -0.05) is 136 Å². The zero-order valence-corrected chi connectivity index (χ0v) is 37.8. The minimum atomic E-state index is -0.356. The molecule has 13 unspecified atom stereocenters. The number of rotatable bonds is 3. The van der Waals surface area contributed by atoms with Crippen LogP contribution in [0.15, 0.2) is 121 Å². The second kappa shape index (κ2) is 15.4. The van der Waals surface area contributed by atoms with Crippen molar-refractivity contribution in [3.8, 4) is 22.3 Å². The maximum Gasteiger partial charge on any atom is 0.0875 e. The van der Waals surface area contributed by atoms with Crippen LogP contribution in [-0.4, -0.2) is 30.5 Å². The van der Waals surface area contributed by atoms with E-state index in [2.05, 4.69) is 126 Å². The Morgan fingerprint density at radius 1 is 0.375 bits per heavy atom. The molecule has 13 atom stereocenters. The normalized spacial score (nSPS) is 36.2. The first-order chi connectivity index (χ1) is 31.8. The third-order valence-corrected chi connectivity index (χ3v) is 19.8. The van der Waals surface area contributed by atoms with Gasteiger partial charge in [-0.25, -0.2) is 0 Å². The van der Waals surface area contributed by atoms with E-state index >= 15 is 0 Å². The standard InChI is InChI=1S/C61H67NO2/c1-2-16-38(17-3-1)62(39-30-32-49-48-25-12-15-29-54(48)61(55(49)36-39)52-27-13-10-23-46(52)47-24-11-14-28-53(47)61)40-31-34-56-58(37-40)64-60-57(63-56)35-33-51-45-22-7-6-20-43(45)41-18-4-5-19-42(41)44-21-8-9-26-50(44)59(51)60/h1-3,10-17,23-25,27-30,32,36,40-45,50-51,56-60H,4-9,18-22,26,31,33-35,37H2. The summed E-state index contributed by atoms with van der Waals surface area (Å²) in [4.78, 5) is 2.72. The second-order valence-corrected chi connectivity index (χ2v) is 22.3. The molecule has 64 heavy (non-hydrogen) atoms. The van der Waals surface area contributed by atoms with Gasteiger partial charge in [0.25, 0.3) is 0 Å². The topological polar surface area (TPSA) is 21.7 Å². The molecule has 0 N–H and O–H groups in total. The Balaban J connectivity index is 0.837. The van der Waals surface area contributed by atoms with E-state index in [4.69, 9.17) is 9.47 Å². The first-order valence-corrected chi connectivity index (χ1v) is 26.3. The molecule has 0 aromatic heterocycles. The van der Waals surface area contributed by atoms with Crippen LogP contribution in [0.3, 0.4) is 0 Å². The molecule has 14 rings (SSSR count). The maximum absolute atomic E-state index is 7.90. The predicted molar refractivity (Wildman–Crippen MR) is 259 cm³/mol. The lowest BCUT2D eigenvalue weighted by Gasteiger charge is -2.61.